The Bertz CT molecular complexity index is 501. The third kappa shape index (κ3) is 3.20. The van der Waals surface area contributed by atoms with E-state index in [9.17, 15) is 14.3 Å². The van der Waals surface area contributed by atoms with Crippen molar-refractivity contribution in [3.8, 4) is 5.75 Å². The molecule has 1 rings (SSSR count). The van der Waals surface area contributed by atoms with Crippen LogP contribution in [-0.2, 0) is 0 Å². The van der Waals surface area contributed by atoms with Crippen LogP contribution in [0.2, 0.25) is 0 Å². The van der Waals surface area contributed by atoms with Gasteiger partial charge in [-0.25, -0.2) is 4.39 Å². The van der Waals surface area contributed by atoms with Crippen LogP contribution in [0.25, 0.3) is 0 Å². The molecule has 0 radical (unpaired) electrons. The number of carbonyl (C=O) groups is 1. The Labute approximate surface area is 116 Å². The summed E-state index contributed by atoms with van der Waals surface area (Å²) in [5, 5.41) is 12.3. The number of hydrogen-bond acceptors (Lipinski definition) is 3. The maximum Gasteiger partial charge on any atom is 0.255 e. The summed E-state index contributed by atoms with van der Waals surface area (Å²) in [7, 11) is 0. The molecule has 0 aliphatic heterocycles. The second-order valence-electron chi connectivity index (χ2n) is 4.27. The fourth-order valence-corrected chi connectivity index (χ4v) is 2.15. The van der Waals surface area contributed by atoms with Gasteiger partial charge in [0.1, 0.15) is 11.6 Å². The molecule has 19 heavy (non-hydrogen) atoms. The smallest absolute Gasteiger partial charge is 0.255 e. The highest BCUT2D eigenvalue weighted by atomic mass is 32.1. The van der Waals surface area contributed by atoms with E-state index in [0.29, 0.717) is 12.8 Å². The molecule has 0 fully saturated rings. The molecule has 0 bridgehead atoms. The molecule has 1 aromatic rings. The highest BCUT2D eigenvalue weighted by Crippen LogP contribution is 2.21. The van der Waals surface area contributed by atoms with Crippen LogP contribution in [0.5, 0.6) is 5.75 Å². The highest BCUT2D eigenvalue weighted by Gasteiger charge is 2.32. The number of benzene rings is 1. The van der Waals surface area contributed by atoms with E-state index in [1.54, 1.807) is 0 Å². The summed E-state index contributed by atoms with van der Waals surface area (Å²) in [6.45, 7) is 3.68. The second-order valence-corrected chi connectivity index (χ2v) is 4.71. The zero-order valence-corrected chi connectivity index (χ0v) is 11.7. The third-order valence-electron chi connectivity index (χ3n) is 3.23. The Morgan fingerprint density at radius 1 is 1.47 bits per heavy atom. The predicted molar refractivity (Wildman–Crippen MR) is 75.6 cm³/mol. The normalized spacial score (nSPS) is 11.1. The Kier molecular flexibility index (Phi) is 4.83. The van der Waals surface area contributed by atoms with E-state index in [-0.39, 0.29) is 16.3 Å². The molecule has 1 amide bonds. The molecule has 0 saturated carbocycles. The average Bonchev–Trinajstić information content (AvgIpc) is 2.38. The third-order valence-corrected chi connectivity index (χ3v) is 3.63. The quantitative estimate of drug-likeness (QED) is 0.724. The molecule has 4 nitrogen and oxygen atoms in total. The Hall–Kier alpha value is -1.69. The van der Waals surface area contributed by atoms with Gasteiger partial charge in [-0.15, -0.1) is 0 Å². The van der Waals surface area contributed by atoms with Gasteiger partial charge in [-0.3, -0.25) is 4.79 Å². The Balaban J connectivity index is 3.07. The maximum atomic E-state index is 13.1. The topological polar surface area (TPSA) is 75.3 Å². The molecule has 0 aliphatic carbocycles. The molecule has 0 atom stereocenters. The SMILES string of the molecule is CCC(CC)(NC(=O)c1cc(F)ccc1O)C(N)=S. The van der Waals surface area contributed by atoms with Gasteiger partial charge >= 0.3 is 0 Å². The number of phenolic OH excluding ortho intramolecular Hbond substituents is 1. The van der Waals surface area contributed by atoms with Crippen LogP contribution in [0, 0.1) is 5.82 Å². The lowest BCUT2D eigenvalue weighted by Gasteiger charge is -2.31. The van der Waals surface area contributed by atoms with Gasteiger partial charge in [0.15, 0.2) is 0 Å². The van der Waals surface area contributed by atoms with Gasteiger partial charge in [-0.05, 0) is 31.0 Å². The lowest BCUT2D eigenvalue weighted by atomic mass is 9.92. The number of amides is 1. The monoisotopic (exact) mass is 284 g/mol. The number of halogens is 1. The van der Waals surface area contributed by atoms with E-state index in [2.05, 4.69) is 5.32 Å². The number of phenols is 1. The summed E-state index contributed by atoms with van der Waals surface area (Å²) in [5.74, 6) is -1.49. The van der Waals surface area contributed by atoms with Gasteiger partial charge in [0.2, 0.25) is 0 Å². The van der Waals surface area contributed by atoms with E-state index in [1.165, 1.54) is 0 Å². The summed E-state index contributed by atoms with van der Waals surface area (Å²) in [6.07, 6.45) is 1.03. The lowest BCUT2D eigenvalue weighted by molar-refractivity contribution is 0.0916. The van der Waals surface area contributed by atoms with Crippen molar-refractivity contribution in [1.82, 2.24) is 5.32 Å². The van der Waals surface area contributed by atoms with Crippen LogP contribution < -0.4 is 11.1 Å². The van der Waals surface area contributed by atoms with Crippen molar-refractivity contribution < 1.29 is 14.3 Å². The molecule has 0 aromatic heterocycles. The summed E-state index contributed by atoms with van der Waals surface area (Å²) in [6, 6.07) is 3.18. The Morgan fingerprint density at radius 2 is 2.05 bits per heavy atom. The number of thiocarbonyl (C=S) groups is 1. The summed E-state index contributed by atoms with van der Waals surface area (Å²) in [5.41, 5.74) is 4.70. The van der Waals surface area contributed by atoms with Crippen LogP contribution in [0.1, 0.15) is 37.0 Å². The fourth-order valence-electron chi connectivity index (χ4n) is 1.81. The van der Waals surface area contributed by atoms with Crippen molar-refractivity contribution in [3.63, 3.8) is 0 Å². The number of rotatable bonds is 5. The highest BCUT2D eigenvalue weighted by molar-refractivity contribution is 7.80. The molecule has 0 unspecified atom stereocenters. The maximum absolute atomic E-state index is 13.1. The molecule has 4 N–H and O–H groups in total. The minimum atomic E-state index is -0.828. The predicted octanol–water partition coefficient (Wildman–Crippen LogP) is 2.11. The van der Waals surface area contributed by atoms with Gasteiger partial charge in [-0.1, -0.05) is 26.1 Å². The van der Waals surface area contributed by atoms with Crippen molar-refractivity contribution in [2.45, 2.75) is 32.2 Å². The van der Waals surface area contributed by atoms with Crippen molar-refractivity contribution in [3.05, 3.63) is 29.6 Å². The first-order valence-electron chi connectivity index (χ1n) is 5.97. The molecule has 0 spiro atoms. The minimum Gasteiger partial charge on any atom is -0.507 e. The molecule has 1 aromatic carbocycles. The molecule has 6 heteroatoms. The van der Waals surface area contributed by atoms with Gasteiger partial charge in [-0.2, -0.15) is 0 Å². The largest absolute Gasteiger partial charge is 0.507 e. The number of hydrogen-bond donors (Lipinski definition) is 3. The van der Waals surface area contributed by atoms with E-state index in [1.807, 2.05) is 13.8 Å². The van der Waals surface area contributed by atoms with Gasteiger partial charge in [0.05, 0.1) is 16.1 Å². The van der Waals surface area contributed by atoms with Crippen LogP contribution >= 0.6 is 12.2 Å². The van der Waals surface area contributed by atoms with Crippen molar-refractivity contribution in [2.75, 3.05) is 0 Å². The van der Waals surface area contributed by atoms with Crippen LogP contribution in [0.4, 0.5) is 4.39 Å². The van der Waals surface area contributed by atoms with Crippen LogP contribution in [0.15, 0.2) is 18.2 Å². The second kappa shape index (κ2) is 5.97. The Morgan fingerprint density at radius 3 is 2.53 bits per heavy atom. The minimum absolute atomic E-state index is 0.137. The van der Waals surface area contributed by atoms with Crippen molar-refractivity contribution >= 4 is 23.1 Å². The summed E-state index contributed by atoms with van der Waals surface area (Å²) < 4.78 is 13.1. The molecule has 0 heterocycles. The molecule has 0 saturated heterocycles. The van der Waals surface area contributed by atoms with Crippen molar-refractivity contribution in [2.24, 2.45) is 5.73 Å². The van der Waals surface area contributed by atoms with Gasteiger partial charge in [0.25, 0.3) is 5.91 Å². The van der Waals surface area contributed by atoms with Crippen molar-refractivity contribution in [1.29, 1.82) is 0 Å². The van der Waals surface area contributed by atoms with E-state index < -0.39 is 17.3 Å². The first-order chi connectivity index (χ1) is 8.86. The molecular formula is C13H17FN2O2S. The molecule has 104 valence electrons. The number of carbonyl (C=O) groups excluding carboxylic acids is 1. The van der Waals surface area contributed by atoms with Crippen LogP contribution in [-0.4, -0.2) is 21.5 Å². The number of nitrogens with one attached hydrogen (secondary N) is 1. The average molecular weight is 284 g/mol. The number of nitrogens with two attached hydrogens (primary N) is 1. The zero-order valence-electron chi connectivity index (χ0n) is 10.9. The molecule has 0 aliphatic rings. The standard InChI is InChI=1S/C13H17FN2O2S/c1-3-13(4-2,12(15)19)16-11(18)9-7-8(14)5-6-10(9)17/h5-7,17H,3-4H2,1-2H3,(H2,15,19)(H,16,18). The first kappa shape index (κ1) is 15.4. The van der Waals surface area contributed by atoms with Gasteiger partial charge in [0, 0.05) is 0 Å². The van der Waals surface area contributed by atoms with Crippen LogP contribution in [0.3, 0.4) is 0 Å². The van der Waals surface area contributed by atoms with E-state index in [0.717, 1.165) is 18.2 Å². The fraction of sp³-hybridized carbons (Fsp3) is 0.385. The summed E-state index contributed by atoms with van der Waals surface area (Å²) in [4.78, 5) is 12.3. The first-order valence-corrected chi connectivity index (χ1v) is 6.38. The molecular weight excluding hydrogens is 267 g/mol. The van der Waals surface area contributed by atoms with E-state index >= 15 is 0 Å². The zero-order chi connectivity index (χ0) is 14.6. The van der Waals surface area contributed by atoms with E-state index in [4.69, 9.17) is 18.0 Å². The lowest BCUT2D eigenvalue weighted by Crippen LogP contribution is -2.56. The summed E-state index contributed by atoms with van der Waals surface area (Å²) >= 11 is 4.98. The number of aromatic hydroxyl groups is 1. The van der Waals surface area contributed by atoms with Gasteiger partial charge < -0.3 is 16.2 Å².